The number of carbonyl (C=O) groups is 1. The van der Waals surface area contributed by atoms with Gasteiger partial charge in [-0.2, -0.15) is 0 Å². The molecule has 0 radical (unpaired) electrons. The number of pyridine rings is 1. The molecule has 6 nitrogen and oxygen atoms in total. The number of hydrogen-bond donors (Lipinski definition) is 1. The summed E-state index contributed by atoms with van der Waals surface area (Å²) in [6, 6.07) is 11.2. The van der Waals surface area contributed by atoms with Crippen LogP contribution in [0.4, 0.5) is 0 Å². The van der Waals surface area contributed by atoms with Gasteiger partial charge in [0, 0.05) is 12.2 Å². The SMILES string of the molecule is Cc1cccnc1-n1c(SCC(=O)NC(C)C2CC2)nc2ccccc2c1=O. The summed E-state index contributed by atoms with van der Waals surface area (Å²) in [5.41, 5.74) is 1.31. The van der Waals surface area contributed by atoms with Crippen molar-refractivity contribution in [2.24, 2.45) is 5.92 Å². The molecule has 0 aliphatic heterocycles. The van der Waals surface area contributed by atoms with Crippen LogP contribution in [0, 0.1) is 12.8 Å². The number of aryl methyl sites for hydroxylation is 1. The van der Waals surface area contributed by atoms with Crippen molar-refractivity contribution < 1.29 is 4.79 Å². The fourth-order valence-corrected chi connectivity index (χ4v) is 4.05. The molecule has 1 saturated carbocycles. The van der Waals surface area contributed by atoms with Gasteiger partial charge in [0.1, 0.15) is 5.82 Å². The molecule has 1 aliphatic rings. The molecule has 2 aromatic heterocycles. The van der Waals surface area contributed by atoms with Gasteiger partial charge in [-0.25, -0.2) is 14.5 Å². The minimum atomic E-state index is -0.179. The molecular weight excluding hydrogens is 372 g/mol. The maximum absolute atomic E-state index is 13.2. The maximum Gasteiger partial charge on any atom is 0.267 e. The molecular formula is C21H22N4O2S. The van der Waals surface area contributed by atoms with Gasteiger partial charge in [0.05, 0.1) is 16.7 Å². The van der Waals surface area contributed by atoms with Crippen molar-refractivity contribution in [1.29, 1.82) is 0 Å². The van der Waals surface area contributed by atoms with Gasteiger partial charge in [-0.1, -0.05) is 30.0 Å². The number of nitrogens with one attached hydrogen (secondary N) is 1. The third-order valence-electron chi connectivity index (χ3n) is 4.99. The lowest BCUT2D eigenvalue weighted by Gasteiger charge is -2.15. The third-order valence-corrected chi connectivity index (χ3v) is 5.93. The van der Waals surface area contributed by atoms with E-state index in [9.17, 15) is 9.59 Å². The second-order valence-electron chi connectivity index (χ2n) is 7.18. The van der Waals surface area contributed by atoms with Crippen molar-refractivity contribution in [1.82, 2.24) is 19.9 Å². The van der Waals surface area contributed by atoms with E-state index in [0.29, 0.717) is 27.8 Å². The van der Waals surface area contributed by atoms with Crippen molar-refractivity contribution in [3.8, 4) is 5.82 Å². The standard InChI is InChI=1S/C21H22N4O2S/c1-13-6-5-11-22-19(13)25-20(27)16-7-3-4-8-17(16)24-21(25)28-12-18(26)23-14(2)15-9-10-15/h3-8,11,14-15H,9-10,12H2,1-2H3,(H,23,26). The first kappa shape index (κ1) is 18.7. The third kappa shape index (κ3) is 3.80. The summed E-state index contributed by atoms with van der Waals surface area (Å²) in [5, 5.41) is 4.05. The summed E-state index contributed by atoms with van der Waals surface area (Å²) in [6.45, 7) is 3.95. The molecule has 1 amide bonds. The Morgan fingerprint density at radius 2 is 2.07 bits per heavy atom. The highest BCUT2D eigenvalue weighted by Gasteiger charge is 2.29. The van der Waals surface area contributed by atoms with Gasteiger partial charge in [-0.3, -0.25) is 9.59 Å². The Balaban J connectivity index is 1.70. The lowest BCUT2D eigenvalue weighted by Crippen LogP contribution is -2.35. The van der Waals surface area contributed by atoms with E-state index in [1.165, 1.54) is 29.2 Å². The average molecular weight is 395 g/mol. The first-order valence-corrected chi connectivity index (χ1v) is 10.4. The number of hydrogen-bond acceptors (Lipinski definition) is 5. The summed E-state index contributed by atoms with van der Waals surface area (Å²) in [7, 11) is 0. The van der Waals surface area contributed by atoms with Crippen LogP contribution in [0.3, 0.4) is 0 Å². The van der Waals surface area contributed by atoms with E-state index < -0.39 is 0 Å². The van der Waals surface area contributed by atoms with Crippen LogP contribution in [0.25, 0.3) is 16.7 Å². The number of amides is 1. The molecule has 4 rings (SSSR count). The van der Waals surface area contributed by atoms with Crippen molar-refractivity contribution in [2.45, 2.75) is 37.9 Å². The number of para-hydroxylation sites is 1. The molecule has 7 heteroatoms. The lowest BCUT2D eigenvalue weighted by molar-refractivity contribution is -0.119. The van der Waals surface area contributed by atoms with Crippen LogP contribution in [-0.2, 0) is 4.79 Å². The molecule has 1 N–H and O–H groups in total. The van der Waals surface area contributed by atoms with Crippen molar-refractivity contribution in [3.05, 3.63) is 58.5 Å². The summed E-state index contributed by atoms with van der Waals surface area (Å²) in [6.07, 6.45) is 4.01. The molecule has 0 bridgehead atoms. The van der Waals surface area contributed by atoms with Crippen LogP contribution in [0.15, 0.2) is 52.5 Å². The molecule has 1 aliphatic carbocycles. The molecule has 1 unspecified atom stereocenters. The fourth-order valence-electron chi connectivity index (χ4n) is 3.25. The monoisotopic (exact) mass is 394 g/mol. The summed E-state index contributed by atoms with van der Waals surface area (Å²) in [4.78, 5) is 34.6. The molecule has 28 heavy (non-hydrogen) atoms. The van der Waals surface area contributed by atoms with Gasteiger partial charge in [-0.15, -0.1) is 0 Å². The van der Waals surface area contributed by atoms with E-state index in [0.717, 1.165) is 5.56 Å². The summed E-state index contributed by atoms with van der Waals surface area (Å²) < 4.78 is 1.51. The Morgan fingerprint density at radius 1 is 1.29 bits per heavy atom. The van der Waals surface area contributed by atoms with Crippen LogP contribution >= 0.6 is 11.8 Å². The minimum Gasteiger partial charge on any atom is -0.353 e. The van der Waals surface area contributed by atoms with Gasteiger partial charge in [0.2, 0.25) is 5.91 Å². The zero-order valence-corrected chi connectivity index (χ0v) is 16.7. The molecule has 0 spiro atoms. The first-order chi connectivity index (χ1) is 13.5. The molecule has 144 valence electrons. The Kier molecular flexibility index (Phi) is 5.17. The molecule has 1 atom stereocenters. The van der Waals surface area contributed by atoms with Crippen LogP contribution < -0.4 is 10.9 Å². The second kappa shape index (κ2) is 7.75. The van der Waals surface area contributed by atoms with Crippen LogP contribution in [0.2, 0.25) is 0 Å². The lowest BCUT2D eigenvalue weighted by atomic mass is 10.2. The Labute approximate surface area is 167 Å². The maximum atomic E-state index is 13.2. The van der Waals surface area contributed by atoms with Crippen molar-refractivity contribution >= 4 is 28.6 Å². The molecule has 0 saturated heterocycles. The van der Waals surface area contributed by atoms with E-state index in [4.69, 9.17) is 0 Å². The first-order valence-electron chi connectivity index (χ1n) is 9.40. The molecule has 2 heterocycles. The smallest absolute Gasteiger partial charge is 0.267 e. The highest BCUT2D eigenvalue weighted by molar-refractivity contribution is 7.99. The van der Waals surface area contributed by atoms with E-state index in [-0.39, 0.29) is 23.3 Å². The molecule has 1 fully saturated rings. The number of benzene rings is 1. The topological polar surface area (TPSA) is 76.9 Å². The zero-order valence-electron chi connectivity index (χ0n) is 15.9. The highest BCUT2D eigenvalue weighted by Crippen LogP contribution is 2.32. The van der Waals surface area contributed by atoms with Crippen LogP contribution in [0.1, 0.15) is 25.3 Å². The summed E-state index contributed by atoms with van der Waals surface area (Å²) >= 11 is 1.26. The van der Waals surface area contributed by atoms with Gasteiger partial charge in [0.25, 0.3) is 5.56 Å². The quantitative estimate of drug-likeness (QED) is 0.514. The number of rotatable bonds is 6. The number of aromatic nitrogens is 3. The van der Waals surface area contributed by atoms with Gasteiger partial charge in [0.15, 0.2) is 5.16 Å². The van der Waals surface area contributed by atoms with Gasteiger partial charge in [-0.05, 0) is 56.4 Å². The Morgan fingerprint density at radius 3 is 2.82 bits per heavy atom. The fraction of sp³-hybridized carbons (Fsp3) is 0.333. The minimum absolute atomic E-state index is 0.0453. The van der Waals surface area contributed by atoms with E-state index in [2.05, 4.69) is 15.3 Å². The van der Waals surface area contributed by atoms with Crippen molar-refractivity contribution in [2.75, 3.05) is 5.75 Å². The Bertz CT molecular complexity index is 1090. The number of fused-ring (bicyclic) bond motifs is 1. The Hall–Kier alpha value is -2.67. The van der Waals surface area contributed by atoms with Crippen LogP contribution in [-0.4, -0.2) is 32.2 Å². The normalized spacial score (nSPS) is 14.8. The van der Waals surface area contributed by atoms with Crippen LogP contribution in [0.5, 0.6) is 0 Å². The van der Waals surface area contributed by atoms with Gasteiger partial charge < -0.3 is 5.32 Å². The number of carbonyl (C=O) groups excluding carboxylic acids is 1. The highest BCUT2D eigenvalue weighted by atomic mass is 32.2. The number of nitrogens with zero attached hydrogens (tertiary/aromatic N) is 3. The second-order valence-corrected chi connectivity index (χ2v) is 8.12. The van der Waals surface area contributed by atoms with E-state index in [1.807, 2.05) is 44.2 Å². The average Bonchev–Trinajstić information content (AvgIpc) is 3.53. The predicted molar refractivity (Wildman–Crippen MR) is 111 cm³/mol. The van der Waals surface area contributed by atoms with E-state index in [1.54, 1.807) is 12.3 Å². The van der Waals surface area contributed by atoms with E-state index >= 15 is 0 Å². The molecule has 1 aromatic carbocycles. The number of thioether (sulfide) groups is 1. The zero-order chi connectivity index (χ0) is 19.7. The summed E-state index contributed by atoms with van der Waals surface area (Å²) in [5.74, 6) is 1.30. The molecule has 3 aromatic rings. The largest absolute Gasteiger partial charge is 0.353 e. The van der Waals surface area contributed by atoms with Crippen molar-refractivity contribution in [3.63, 3.8) is 0 Å². The van der Waals surface area contributed by atoms with Gasteiger partial charge >= 0.3 is 0 Å². The predicted octanol–water partition coefficient (Wildman–Crippen LogP) is 3.10.